The smallest absolute Gasteiger partial charge is 0.309 e. The maximum Gasteiger partial charge on any atom is 0.309 e. The fourth-order valence-corrected chi connectivity index (χ4v) is 3.31. The Morgan fingerprint density at radius 3 is 1.79 bits per heavy atom. The van der Waals surface area contributed by atoms with E-state index in [9.17, 15) is 26.8 Å². The molecule has 0 aliphatic carbocycles. The van der Waals surface area contributed by atoms with Gasteiger partial charge in [-0.05, 0) is 37.8 Å². The number of sulfonamides is 1. The number of nitrogens with one attached hydrogen (secondary N) is 2. The number of tetrazole rings is 1. The zero-order valence-corrected chi connectivity index (χ0v) is 19.9. The monoisotopic (exact) mass is 499 g/mol. The summed E-state index contributed by atoms with van der Waals surface area (Å²) in [7, 11) is -3.45. The minimum absolute atomic E-state index is 0.428. The molecule has 190 valence electrons. The number of aromatic amines is 1. The van der Waals surface area contributed by atoms with E-state index in [2.05, 4.69) is 15.4 Å². The molecular formula is C18H31F2N5O7S. The number of ether oxygens (including phenoxy) is 2. The van der Waals surface area contributed by atoms with Gasteiger partial charge < -0.3 is 14.6 Å². The summed E-state index contributed by atoms with van der Waals surface area (Å²) in [6.45, 7) is 6.43. The third-order valence-electron chi connectivity index (χ3n) is 5.27. The second-order valence-corrected chi connectivity index (χ2v) is 10.2. The number of H-pyrrole nitrogens is 1. The van der Waals surface area contributed by atoms with Gasteiger partial charge in [-0.1, -0.05) is 6.92 Å². The molecule has 12 nitrogen and oxygen atoms in total. The second-order valence-electron chi connectivity index (χ2n) is 8.48. The summed E-state index contributed by atoms with van der Waals surface area (Å²) >= 11 is 0. The van der Waals surface area contributed by atoms with Gasteiger partial charge >= 0.3 is 11.9 Å². The van der Waals surface area contributed by atoms with E-state index in [0.717, 1.165) is 6.26 Å². The van der Waals surface area contributed by atoms with Crippen LogP contribution in [0.15, 0.2) is 0 Å². The first-order valence-corrected chi connectivity index (χ1v) is 12.0. The number of aliphatic carboxylic acids is 1. The summed E-state index contributed by atoms with van der Waals surface area (Å²) in [5.41, 5.74) is -1.14. The molecular weight excluding hydrogens is 468 g/mol. The van der Waals surface area contributed by atoms with Crippen molar-refractivity contribution in [2.45, 2.75) is 52.4 Å². The van der Waals surface area contributed by atoms with Crippen LogP contribution in [-0.2, 0) is 35.0 Å². The van der Waals surface area contributed by atoms with E-state index >= 15 is 0 Å². The van der Waals surface area contributed by atoms with E-state index in [0.29, 0.717) is 59.0 Å². The number of aromatic nitrogens is 4. The van der Waals surface area contributed by atoms with E-state index in [1.54, 1.807) is 13.8 Å². The van der Waals surface area contributed by atoms with Crippen molar-refractivity contribution in [3.8, 4) is 0 Å². The molecule has 0 aromatic carbocycles. The second kappa shape index (κ2) is 11.7. The van der Waals surface area contributed by atoms with E-state index < -0.39 is 44.5 Å². The van der Waals surface area contributed by atoms with Crippen LogP contribution < -0.4 is 4.72 Å². The number of carbonyl (C=O) groups is 2. The summed E-state index contributed by atoms with van der Waals surface area (Å²) in [5, 5.41) is 19.8. The molecule has 2 aliphatic rings. The highest BCUT2D eigenvalue weighted by Gasteiger charge is 2.36. The minimum Gasteiger partial charge on any atom is -0.481 e. The Hall–Kier alpha value is -2.26. The highest BCUT2D eigenvalue weighted by atomic mass is 32.2. The maximum absolute atomic E-state index is 12.1. The van der Waals surface area contributed by atoms with Crippen molar-refractivity contribution in [3.05, 3.63) is 5.82 Å². The molecule has 3 N–H and O–H groups in total. The van der Waals surface area contributed by atoms with Crippen LogP contribution in [0, 0.1) is 10.8 Å². The van der Waals surface area contributed by atoms with Crippen molar-refractivity contribution in [2.24, 2.45) is 10.8 Å². The maximum atomic E-state index is 12.1. The number of carboxylic acids is 1. The Balaban J connectivity index is 0.000000255. The fourth-order valence-electron chi connectivity index (χ4n) is 2.72. The number of halogens is 2. The van der Waals surface area contributed by atoms with Gasteiger partial charge in [0.15, 0.2) is 0 Å². The SMILES string of the molecule is CC(F)(F)c1nn[nH]n1.CC1(C(=O)NS(C)(=O)=O)CCOCC1.CC1(C(=O)O)CCOCC1. The Kier molecular flexibility index (Phi) is 10.2. The Labute approximate surface area is 190 Å². The first-order chi connectivity index (χ1) is 15.1. The summed E-state index contributed by atoms with van der Waals surface area (Å²) in [6.07, 6.45) is 3.39. The number of rotatable bonds is 4. The van der Waals surface area contributed by atoms with E-state index in [4.69, 9.17) is 14.6 Å². The number of carboxylic acid groups (broad SMARTS) is 1. The lowest BCUT2D eigenvalue weighted by Gasteiger charge is -2.31. The molecule has 0 saturated carbocycles. The van der Waals surface area contributed by atoms with Crippen LogP contribution in [0.5, 0.6) is 0 Å². The number of hydrogen-bond acceptors (Lipinski definition) is 9. The lowest BCUT2D eigenvalue weighted by atomic mass is 9.82. The van der Waals surface area contributed by atoms with Crippen LogP contribution in [0.4, 0.5) is 8.78 Å². The molecule has 2 fully saturated rings. The van der Waals surface area contributed by atoms with E-state index in [1.165, 1.54) is 0 Å². The largest absolute Gasteiger partial charge is 0.481 e. The number of nitrogens with zero attached hydrogens (tertiary/aromatic N) is 3. The molecule has 1 aromatic rings. The zero-order chi connectivity index (χ0) is 25.3. The molecule has 2 saturated heterocycles. The van der Waals surface area contributed by atoms with Gasteiger partial charge in [0.25, 0.3) is 0 Å². The van der Waals surface area contributed by atoms with Gasteiger partial charge in [-0.2, -0.15) is 14.0 Å². The molecule has 0 bridgehead atoms. The van der Waals surface area contributed by atoms with Gasteiger partial charge in [-0.3, -0.25) is 14.3 Å². The average Bonchev–Trinajstić information content (AvgIpc) is 3.24. The molecule has 33 heavy (non-hydrogen) atoms. The predicted octanol–water partition coefficient (Wildman–Crippen LogP) is 1.08. The summed E-state index contributed by atoms with van der Waals surface area (Å²) in [5.74, 6) is -4.70. The van der Waals surface area contributed by atoms with Crippen molar-refractivity contribution in [2.75, 3.05) is 32.7 Å². The Bertz CT molecular complexity index is 863. The molecule has 1 aromatic heterocycles. The summed E-state index contributed by atoms with van der Waals surface area (Å²) < 4.78 is 58.1. The molecule has 1 amide bonds. The van der Waals surface area contributed by atoms with Crippen LogP contribution in [0.1, 0.15) is 52.3 Å². The number of hydrogen-bond donors (Lipinski definition) is 3. The van der Waals surface area contributed by atoms with Crippen LogP contribution >= 0.6 is 0 Å². The third-order valence-corrected chi connectivity index (χ3v) is 5.83. The van der Waals surface area contributed by atoms with Crippen LogP contribution in [0.2, 0.25) is 0 Å². The highest BCUT2D eigenvalue weighted by Crippen LogP contribution is 2.30. The Morgan fingerprint density at radius 2 is 1.52 bits per heavy atom. The zero-order valence-electron chi connectivity index (χ0n) is 19.1. The van der Waals surface area contributed by atoms with Crippen LogP contribution in [-0.4, -0.2) is 78.7 Å². The van der Waals surface area contributed by atoms with Crippen molar-refractivity contribution < 1.29 is 41.4 Å². The minimum atomic E-state index is -3.45. The van der Waals surface area contributed by atoms with Gasteiger partial charge in [-0.15, -0.1) is 10.2 Å². The van der Waals surface area contributed by atoms with Gasteiger partial charge in [0.2, 0.25) is 21.8 Å². The first-order valence-electron chi connectivity index (χ1n) is 10.1. The fraction of sp³-hybridized carbons (Fsp3) is 0.833. The standard InChI is InChI=1S/C8H15NO4S.C7H12O3.C3H4F2N4/c1-8(3-5-13-6-4-8)7(10)9-14(2,11)12;1-7(6(8)9)2-4-10-5-3-7;1-3(4,5)2-6-8-9-7-2/h3-6H2,1-2H3,(H,9,10);2-5H2,1H3,(H,8,9);1H3,(H,6,7,8,9). The Morgan fingerprint density at radius 1 is 1.06 bits per heavy atom. The van der Waals surface area contributed by atoms with Gasteiger partial charge in [0.1, 0.15) is 0 Å². The van der Waals surface area contributed by atoms with Crippen LogP contribution in [0.3, 0.4) is 0 Å². The van der Waals surface area contributed by atoms with E-state index in [1.807, 2.05) is 9.94 Å². The van der Waals surface area contributed by atoms with E-state index in [-0.39, 0.29) is 0 Å². The molecule has 0 spiro atoms. The van der Waals surface area contributed by atoms with Crippen molar-refractivity contribution in [1.82, 2.24) is 25.3 Å². The van der Waals surface area contributed by atoms with Crippen molar-refractivity contribution in [3.63, 3.8) is 0 Å². The predicted molar refractivity (Wildman–Crippen MR) is 111 cm³/mol. The van der Waals surface area contributed by atoms with Gasteiger partial charge in [0.05, 0.1) is 17.1 Å². The molecule has 0 unspecified atom stereocenters. The quantitative estimate of drug-likeness (QED) is 0.544. The number of carbonyl (C=O) groups excluding carboxylic acids is 1. The molecule has 0 atom stereocenters. The highest BCUT2D eigenvalue weighted by molar-refractivity contribution is 7.89. The molecule has 2 aliphatic heterocycles. The van der Waals surface area contributed by atoms with Gasteiger partial charge in [-0.25, -0.2) is 8.42 Å². The average molecular weight is 500 g/mol. The molecule has 3 rings (SSSR count). The first kappa shape index (κ1) is 28.8. The molecule has 0 radical (unpaired) electrons. The van der Waals surface area contributed by atoms with Gasteiger partial charge in [0, 0.05) is 33.4 Å². The molecule has 3 heterocycles. The lowest BCUT2D eigenvalue weighted by molar-refractivity contribution is -0.153. The normalized spacial score (nSPS) is 19.7. The number of amides is 1. The van der Waals surface area contributed by atoms with Crippen molar-refractivity contribution >= 4 is 21.9 Å². The number of alkyl halides is 2. The van der Waals surface area contributed by atoms with Crippen LogP contribution in [0.25, 0.3) is 0 Å². The molecule has 15 heteroatoms. The summed E-state index contributed by atoms with van der Waals surface area (Å²) in [4.78, 5) is 22.2. The topological polar surface area (TPSA) is 173 Å². The third kappa shape index (κ3) is 10.0. The van der Waals surface area contributed by atoms with Crippen molar-refractivity contribution in [1.29, 1.82) is 0 Å². The lowest BCUT2D eigenvalue weighted by Crippen LogP contribution is -2.44. The summed E-state index contributed by atoms with van der Waals surface area (Å²) in [6, 6.07) is 0.